The summed E-state index contributed by atoms with van der Waals surface area (Å²) in [6.07, 6.45) is 0.632. The smallest absolute Gasteiger partial charge is 0.187 e. The van der Waals surface area contributed by atoms with Gasteiger partial charge < -0.3 is 0 Å². The van der Waals surface area contributed by atoms with Crippen molar-refractivity contribution in [1.29, 1.82) is 0 Å². The van der Waals surface area contributed by atoms with Gasteiger partial charge in [0.05, 0.1) is 9.64 Å². The normalized spacial score (nSPS) is 23.5. The van der Waals surface area contributed by atoms with Crippen molar-refractivity contribution in [2.75, 3.05) is 0 Å². The van der Waals surface area contributed by atoms with E-state index in [4.69, 9.17) is 0 Å². The van der Waals surface area contributed by atoms with E-state index in [1.165, 1.54) is 0 Å². The van der Waals surface area contributed by atoms with Crippen molar-refractivity contribution in [1.82, 2.24) is 0 Å². The van der Waals surface area contributed by atoms with Crippen LogP contribution >= 0.6 is 0 Å². The molecule has 0 amide bonds. The van der Waals surface area contributed by atoms with Crippen LogP contribution in [-0.4, -0.2) is 21.2 Å². The zero-order valence-electron chi connectivity index (χ0n) is 12.2. The Kier molecular flexibility index (Phi) is 3.30. The van der Waals surface area contributed by atoms with E-state index in [9.17, 15) is 8.42 Å². The Balaban J connectivity index is 2.44. The van der Waals surface area contributed by atoms with Gasteiger partial charge in [-0.25, -0.2) is 8.42 Å². The topological polar surface area (TPSA) is 34.1 Å². The molecule has 1 aliphatic carbocycles. The summed E-state index contributed by atoms with van der Waals surface area (Å²) < 4.78 is 25.1. The molecule has 1 fully saturated rings. The van der Waals surface area contributed by atoms with Crippen molar-refractivity contribution in [2.24, 2.45) is 0 Å². The summed E-state index contributed by atoms with van der Waals surface area (Å²) in [6, 6.07) is 7.94. The lowest BCUT2D eigenvalue weighted by Crippen LogP contribution is -2.34. The van der Waals surface area contributed by atoms with Crippen LogP contribution in [0.4, 0.5) is 0 Å². The van der Waals surface area contributed by atoms with Crippen LogP contribution in [0.5, 0.6) is 0 Å². The summed E-state index contributed by atoms with van der Waals surface area (Å²) in [6.45, 7) is 12.6. The molecule has 0 aromatic heterocycles. The van der Waals surface area contributed by atoms with Gasteiger partial charge in [0.15, 0.2) is 9.84 Å². The fourth-order valence-corrected chi connectivity index (χ4v) is 8.51. The second-order valence-corrected chi connectivity index (χ2v) is 14.6. The van der Waals surface area contributed by atoms with Gasteiger partial charge in [-0.1, -0.05) is 49.5 Å². The standard InChI is InChI=1S/C15H22O2SSi/c1-12-6-8-14(9-7-12)18(16,17)15(10-13(15)2)11-19(3,4)5/h6-9H,2,10-11H2,1,3-5H3. The molecule has 1 saturated carbocycles. The third-order valence-electron chi connectivity index (χ3n) is 3.68. The number of hydrogen-bond acceptors (Lipinski definition) is 2. The van der Waals surface area contributed by atoms with Crippen molar-refractivity contribution in [3.05, 3.63) is 42.0 Å². The molecule has 4 heteroatoms. The van der Waals surface area contributed by atoms with Gasteiger partial charge in [-0.2, -0.15) is 0 Å². The quantitative estimate of drug-likeness (QED) is 0.625. The molecule has 0 saturated heterocycles. The maximum atomic E-state index is 12.9. The highest BCUT2D eigenvalue weighted by molar-refractivity contribution is 7.93. The van der Waals surface area contributed by atoms with E-state index in [1.807, 2.05) is 19.1 Å². The maximum absolute atomic E-state index is 12.9. The van der Waals surface area contributed by atoms with Gasteiger partial charge in [-0.15, -0.1) is 0 Å². The Hall–Kier alpha value is -0.873. The molecular weight excluding hydrogens is 272 g/mol. The van der Waals surface area contributed by atoms with E-state index >= 15 is 0 Å². The zero-order chi connectivity index (χ0) is 14.5. The van der Waals surface area contributed by atoms with E-state index in [0.29, 0.717) is 11.3 Å². The van der Waals surface area contributed by atoms with E-state index < -0.39 is 22.7 Å². The van der Waals surface area contributed by atoms with Gasteiger partial charge >= 0.3 is 0 Å². The lowest BCUT2D eigenvalue weighted by Gasteiger charge is -2.24. The Bertz CT molecular complexity index is 609. The predicted octanol–water partition coefficient (Wildman–Crippen LogP) is 3.81. The number of sulfone groups is 1. The molecule has 1 atom stereocenters. The van der Waals surface area contributed by atoms with Crippen LogP contribution in [0.25, 0.3) is 0 Å². The SMILES string of the molecule is C=C1CC1(C[Si](C)(C)C)S(=O)(=O)c1ccc(C)cc1. The molecule has 0 bridgehead atoms. The van der Waals surface area contributed by atoms with Crippen LogP contribution in [-0.2, 0) is 9.84 Å². The van der Waals surface area contributed by atoms with Crippen LogP contribution in [0.3, 0.4) is 0 Å². The number of aryl methyl sites for hydroxylation is 1. The van der Waals surface area contributed by atoms with Crippen LogP contribution in [0.15, 0.2) is 41.3 Å². The minimum atomic E-state index is -3.29. The van der Waals surface area contributed by atoms with Crippen LogP contribution in [0.1, 0.15) is 12.0 Å². The zero-order valence-corrected chi connectivity index (χ0v) is 14.0. The lowest BCUT2D eigenvalue weighted by atomic mass is 10.2. The minimum Gasteiger partial charge on any atom is -0.223 e. The molecule has 2 rings (SSSR count). The van der Waals surface area contributed by atoms with E-state index in [-0.39, 0.29) is 0 Å². The van der Waals surface area contributed by atoms with Gasteiger partial charge in [0.2, 0.25) is 0 Å². The highest BCUT2D eigenvalue weighted by Crippen LogP contribution is 2.55. The largest absolute Gasteiger partial charge is 0.223 e. The first kappa shape index (κ1) is 14.5. The molecule has 1 unspecified atom stereocenters. The van der Waals surface area contributed by atoms with Crippen molar-refractivity contribution in [3.8, 4) is 0 Å². The fourth-order valence-electron chi connectivity index (χ4n) is 2.67. The summed E-state index contributed by atoms with van der Waals surface area (Å²) in [5.74, 6) is 0. The summed E-state index contributed by atoms with van der Waals surface area (Å²) in [4.78, 5) is 0.440. The van der Waals surface area contributed by atoms with E-state index in [1.54, 1.807) is 12.1 Å². The van der Waals surface area contributed by atoms with Crippen molar-refractivity contribution >= 4 is 17.9 Å². The molecule has 1 aromatic carbocycles. The molecule has 0 N–H and O–H groups in total. The summed E-state index contributed by atoms with van der Waals surface area (Å²) in [5.41, 5.74) is 1.96. The van der Waals surface area contributed by atoms with Crippen LogP contribution in [0, 0.1) is 6.92 Å². The molecule has 19 heavy (non-hydrogen) atoms. The molecule has 104 valence electrons. The highest BCUT2D eigenvalue weighted by atomic mass is 32.2. The number of benzene rings is 1. The Morgan fingerprint density at radius 3 is 2.05 bits per heavy atom. The molecule has 2 nitrogen and oxygen atoms in total. The maximum Gasteiger partial charge on any atom is 0.187 e. The van der Waals surface area contributed by atoms with Gasteiger partial charge in [0.25, 0.3) is 0 Å². The van der Waals surface area contributed by atoms with Crippen molar-refractivity contribution in [3.63, 3.8) is 0 Å². The average Bonchev–Trinajstić information content (AvgIpc) is 2.88. The Morgan fingerprint density at radius 2 is 1.68 bits per heavy atom. The van der Waals surface area contributed by atoms with Crippen molar-refractivity contribution < 1.29 is 8.42 Å². The summed E-state index contributed by atoms with van der Waals surface area (Å²) in [7, 11) is -4.76. The third-order valence-corrected chi connectivity index (χ3v) is 8.10. The van der Waals surface area contributed by atoms with E-state index in [2.05, 4.69) is 26.2 Å². The molecular formula is C15H22O2SSi. The van der Waals surface area contributed by atoms with Gasteiger partial charge in [0, 0.05) is 8.07 Å². The number of rotatable bonds is 4. The minimum absolute atomic E-state index is 0.440. The van der Waals surface area contributed by atoms with Crippen molar-refractivity contribution in [2.45, 2.75) is 48.7 Å². The molecule has 0 radical (unpaired) electrons. The highest BCUT2D eigenvalue weighted by Gasteiger charge is 2.59. The second-order valence-electron chi connectivity index (χ2n) is 6.83. The third kappa shape index (κ3) is 2.56. The summed E-state index contributed by atoms with van der Waals surface area (Å²) >= 11 is 0. The molecule has 1 aromatic rings. The molecule has 1 aliphatic rings. The van der Waals surface area contributed by atoms with Crippen LogP contribution in [0.2, 0.25) is 25.7 Å². The summed E-state index contributed by atoms with van der Waals surface area (Å²) in [5, 5.41) is 0. The monoisotopic (exact) mass is 294 g/mol. The number of hydrogen-bond donors (Lipinski definition) is 0. The second kappa shape index (κ2) is 4.32. The van der Waals surface area contributed by atoms with Crippen LogP contribution < -0.4 is 0 Å². The fraction of sp³-hybridized carbons (Fsp3) is 0.467. The van der Waals surface area contributed by atoms with Gasteiger partial charge in [-0.05, 0) is 31.5 Å². The first-order valence-electron chi connectivity index (χ1n) is 6.58. The first-order chi connectivity index (χ1) is 8.58. The molecule has 0 heterocycles. The first-order valence-corrected chi connectivity index (χ1v) is 11.8. The average molecular weight is 294 g/mol. The van der Waals surface area contributed by atoms with E-state index in [0.717, 1.165) is 17.2 Å². The Labute approximate surface area is 117 Å². The molecule has 0 aliphatic heterocycles. The predicted molar refractivity (Wildman–Crippen MR) is 83.0 cm³/mol. The van der Waals surface area contributed by atoms with Gasteiger partial charge in [0.1, 0.15) is 0 Å². The Morgan fingerprint density at radius 1 is 1.21 bits per heavy atom. The van der Waals surface area contributed by atoms with Gasteiger partial charge in [-0.3, -0.25) is 0 Å². The lowest BCUT2D eigenvalue weighted by molar-refractivity contribution is 0.583. The molecule has 0 spiro atoms.